The molecule has 0 bridgehead atoms. The molecule has 2 heterocycles. The van der Waals surface area contributed by atoms with Crippen molar-refractivity contribution in [2.45, 2.75) is 38.7 Å². The quantitative estimate of drug-likeness (QED) is 0.907. The zero-order valence-corrected chi connectivity index (χ0v) is 11.9. The van der Waals surface area contributed by atoms with E-state index in [4.69, 9.17) is 9.47 Å². The molecule has 2 aliphatic rings. The van der Waals surface area contributed by atoms with E-state index in [0.717, 1.165) is 50.5 Å². The van der Waals surface area contributed by atoms with Gasteiger partial charge in [0.05, 0.1) is 6.61 Å². The average molecular weight is 261 g/mol. The normalized spacial score (nSPS) is 25.4. The number of fused-ring (bicyclic) bond motifs is 1. The molecule has 0 saturated carbocycles. The Balaban J connectivity index is 1.76. The number of benzene rings is 1. The van der Waals surface area contributed by atoms with Crippen LogP contribution in [-0.4, -0.2) is 25.3 Å². The summed E-state index contributed by atoms with van der Waals surface area (Å²) < 4.78 is 12.1. The van der Waals surface area contributed by atoms with E-state index in [1.807, 2.05) is 0 Å². The summed E-state index contributed by atoms with van der Waals surface area (Å²) in [5, 5.41) is 3.41. The van der Waals surface area contributed by atoms with Crippen LogP contribution >= 0.6 is 0 Å². The van der Waals surface area contributed by atoms with Gasteiger partial charge in [0.1, 0.15) is 17.1 Å². The Bertz CT molecular complexity index is 450. The highest BCUT2D eigenvalue weighted by Crippen LogP contribution is 2.38. The Labute approximate surface area is 115 Å². The van der Waals surface area contributed by atoms with Crippen LogP contribution in [0.25, 0.3) is 0 Å². The van der Waals surface area contributed by atoms with Gasteiger partial charge in [0.2, 0.25) is 0 Å². The predicted molar refractivity (Wildman–Crippen MR) is 75.9 cm³/mol. The SMILES string of the molecule is CC(C)COc1ccc2c(c1)OC1(CCNC1)CC2. The molecule has 1 fully saturated rings. The predicted octanol–water partition coefficient (Wildman–Crippen LogP) is 2.78. The molecule has 1 saturated heterocycles. The van der Waals surface area contributed by atoms with E-state index in [-0.39, 0.29) is 5.60 Å². The number of ether oxygens (including phenoxy) is 2. The van der Waals surface area contributed by atoms with Crippen LogP contribution < -0.4 is 14.8 Å². The topological polar surface area (TPSA) is 30.5 Å². The van der Waals surface area contributed by atoms with E-state index in [0.29, 0.717) is 5.92 Å². The van der Waals surface area contributed by atoms with Gasteiger partial charge in [0.15, 0.2) is 0 Å². The lowest BCUT2D eigenvalue weighted by Crippen LogP contribution is -2.41. The van der Waals surface area contributed by atoms with Crippen LogP contribution in [0.3, 0.4) is 0 Å². The van der Waals surface area contributed by atoms with Crippen molar-refractivity contribution < 1.29 is 9.47 Å². The van der Waals surface area contributed by atoms with Crippen LogP contribution in [0.5, 0.6) is 11.5 Å². The molecular weight excluding hydrogens is 238 g/mol. The van der Waals surface area contributed by atoms with Crippen molar-refractivity contribution in [3.05, 3.63) is 23.8 Å². The first kappa shape index (κ1) is 12.8. The summed E-state index contributed by atoms with van der Waals surface area (Å²) in [6, 6.07) is 6.28. The van der Waals surface area contributed by atoms with Gasteiger partial charge in [-0.25, -0.2) is 0 Å². The first-order valence-corrected chi connectivity index (χ1v) is 7.32. The Hall–Kier alpha value is -1.22. The molecule has 0 amide bonds. The zero-order valence-electron chi connectivity index (χ0n) is 11.9. The molecule has 0 radical (unpaired) electrons. The fourth-order valence-electron chi connectivity index (χ4n) is 2.86. The second-order valence-corrected chi connectivity index (χ2v) is 6.19. The number of aryl methyl sites for hydroxylation is 1. The lowest BCUT2D eigenvalue weighted by Gasteiger charge is -2.35. The highest BCUT2D eigenvalue weighted by Gasteiger charge is 2.39. The summed E-state index contributed by atoms with van der Waals surface area (Å²) in [5.74, 6) is 2.49. The number of rotatable bonds is 3. The lowest BCUT2D eigenvalue weighted by molar-refractivity contribution is 0.0660. The van der Waals surface area contributed by atoms with Crippen LogP contribution in [0.1, 0.15) is 32.3 Å². The van der Waals surface area contributed by atoms with Crippen molar-refractivity contribution in [3.63, 3.8) is 0 Å². The number of hydrogen-bond acceptors (Lipinski definition) is 3. The standard InChI is InChI=1S/C16H23NO2/c1-12(2)10-18-14-4-3-13-5-6-16(7-8-17-11-16)19-15(13)9-14/h3-4,9,12,17H,5-8,10-11H2,1-2H3. The van der Waals surface area contributed by atoms with E-state index < -0.39 is 0 Å². The molecule has 0 aliphatic carbocycles. The van der Waals surface area contributed by atoms with Crippen molar-refractivity contribution in [2.24, 2.45) is 5.92 Å². The van der Waals surface area contributed by atoms with Crippen LogP contribution in [0.4, 0.5) is 0 Å². The van der Waals surface area contributed by atoms with Gasteiger partial charge in [-0.1, -0.05) is 19.9 Å². The number of nitrogens with one attached hydrogen (secondary N) is 1. The van der Waals surface area contributed by atoms with E-state index >= 15 is 0 Å². The minimum absolute atomic E-state index is 0.0314. The molecule has 1 N–H and O–H groups in total. The molecule has 1 atom stereocenters. The van der Waals surface area contributed by atoms with Gasteiger partial charge in [-0.15, -0.1) is 0 Å². The third-order valence-corrected chi connectivity index (χ3v) is 4.00. The Kier molecular flexibility index (Phi) is 3.40. The first-order chi connectivity index (χ1) is 9.17. The van der Waals surface area contributed by atoms with Gasteiger partial charge in [-0.2, -0.15) is 0 Å². The molecular formula is C16H23NO2. The molecule has 1 spiro atoms. The summed E-state index contributed by atoms with van der Waals surface area (Å²) in [4.78, 5) is 0. The zero-order chi connectivity index (χ0) is 13.3. The highest BCUT2D eigenvalue weighted by atomic mass is 16.5. The summed E-state index contributed by atoms with van der Waals surface area (Å²) >= 11 is 0. The van der Waals surface area contributed by atoms with E-state index in [1.165, 1.54) is 5.56 Å². The smallest absolute Gasteiger partial charge is 0.127 e. The Morgan fingerprint density at radius 1 is 1.37 bits per heavy atom. The number of hydrogen-bond donors (Lipinski definition) is 1. The fourth-order valence-corrected chi connectivity index (χ4v) is 2.86. The summed E-state index contributed by atoms with van der Waals surface area (Å²) in [7, 11) is 0. The fraction of sp³-hybridized carbons (Fsp3) is 0.625. The maximum Gasteiger partial charge on any atom is 0.127 e. The second kappa shape index (κ2) is 5.04. The van der Waals surface area contributed by atoms with E-state index in [2.05, 4.69) is 37.4 Å². The molecule has 3 heteroatoms. The van der Waals surface area contributed by atoms with Gasteiger partial charge >= 0.3 is 0 Å². The third kappa shape index (κ3) is 2.71. The molecule has 19 heavy (non-hydrogen) atoms. The van der Waals surface area contributed by atoms with E-state index in [9.17, 15) is 0 Å². The Morgan fingerprint density at radius 2 is 2.26 bits per heavy atom. The van der Waals surface area contributed by atoms with Gasteiger partial charge in [-0.05, 0) is 36.9 Å². The molecule has 3 rings (SSSR count). The molecule has 1 aromatic rings. The Morgan fingerprint density at radius 3 is 3.00 bits per heavy atom. The van der Waals surface area contributed by atoms with Crippen molar-refractivity contribution in [3.8, 4) is 11.5 Å². The van der Waals surface area contributed by atoms with Crippen molar-refractivity contribution in [2.75, 3.05) is 19.7 Å². The average Bonchev–Trinajstić information content (AvgIpc) is 2.84. The van der Waals surface area contributed by atoms with Crippen LogP contribution in [0.15, 0.2) is 18.2 Å². The van der Waals surface area contributed by atoms with Crippen molar-refractivity contribution in [1.29, 1.82) is 0 Å². The molecule has 0 aromatic heterocycles. The van der Waals surface area contributed by atoms with Gasteiger partial charge in [0.25, 0.3) is 0 Å². The summed E-state index contributed by atoms with van der Waals surface area (Å²) in [5.41, 5.74) is 1.35. The minimum atomic E-state index is 0.0314. The molecule has 3 nitrogen and oxygen atoms in total. The minimum Gasteiger partial charge on any atom is -0.493 e. The van der Waals surface area contributed by atoms with Crippen LogP contribution in [-0.2, 0) is 6.42 Å². The molecule has 2 aliphatic heterocycles. The van der Waals surface area contributed by atoms with Gasteiger partial charge in [0, 0.05) is 19.0 Å². The largest absolute Gasteiger partial charge is 0.493 e. The third-order valence-electron chi connectivity index (χ3n) is 4.00. The van der Waals surface area contributed by atoms with Gasteiger partial charge < -0.3 is 14.8 Å². The van der Waals surface area contributed by atoms with Crippen LogP contribution in [0, 0.1) is 5.92 Å². The highest BCUT2D eigenvalue weighted by molar-refractivity contribution is 5.43. The summed E-state index contributed by atoms with van der Waals surface area (Å²) in [6.45, 7) is 7.12. The van der Waals surface area contributed by atoms with E-state index in [1.54, 1.807) is 0 Å². The maximum atomic E-state index is 6.29. The first-order valence-electron chi connectivity index (χ1n) is 7.32. The summed E-state index contributed by atoms with van der Waals surface area (Å²) in [6.07, 6.45) is 3.35. The monoisotopic (exact) mass is 261 g/mol. The lowest BCUT2D eigenvalue weighted by atomic mass is 9.90. The maximum absolute atomic E-state index is 6.29. The molecule has 1 aromatic carbocycles. The molecule has 1 unspecified atom stereocenters. The van der Waals surface area contributed by atoms with Crippen LogP contribution in [0.2, 0.25) is 0 Å². The second-order valence-electron chi connectivity index (χ2n) is 6.19. The molecule has 104 valence electrons. The van der Waals surface area contributed by atoms with Crippen molar-refractivity contribution >= 4 is 0 Å². The van der Waals surface area contributed by atoms with Gasteiger partial charge in [-0.3, -0.25) is 0 Å². The van der Waals surface area contributed by atoms with Crippen molar-refractivity contribution in [1.82, 2.24) is 5.32 Å².